The van der Waals surface area contributed by atoms with Crippen molar-refractivity contribution in [3.63, 3.8) is 0 Å². The molecule has 0 saturated heterocycles. The minimum atomic E-state index is 0.0326. The Morgan fingerprint density at radius 2 is 2.18 bits per heavy atom. The molecule has 2 heterocycles. The molecule has 17 heavy (non-hydrogen) atoms. The van der Waals surface area contributed by atoms with E-state index >= 15 is 0 Å². The van der Waals surface area contributed by atoms with Crippen LogP contribution in [0.2, 0.25) is 0 Å². The highest BCUT2D eigenvalue weighted by Gasteiger charge is 2.02. The molecule has 0 amide bonds. The van der Waals surface area contributed by atoms with Gasteiger partial charge in [-0.1, -0.05) is 0 Å². The molecule has 0 saturated carbocycles. The molecule has 2 aromatic heterocycles. The van der Waals surface area contributed by atoms with Gasteiger partial charge in [-0.15, -0.1) is 0 Å². The van der Waals surface area contributed by atoms with E-state index in [1.165, 1.54) is 0 Å². The molecule has 0 aliphatic heterocycles. The summed E-state index contributed by atoms with van der Waals surface area (Å²) in [4.78, 5) is 15.0. The lowest BCUT2D eigenvalue weighted by Crippen LogP contribution is -2.04. The molecule has 0 aliphatic carbocycles. The normalized spacial score (nSPS) is 10.9. The van der Waals surface area contributed by atoms with Crippen LogP contribution in [0.5, 0.6) is 0 Å². The van der Waals surface area contributed by atoms with Crippen molar-refractivity contribution in [3.05, 3.63) is 58.6 Å². The average Bonchev–Trinajstić information content (AvgIpc) is 2.82. The van der Waals surface area contributed by atoms with Gasteiger partial charge in [-0.2, -0.15) is 5.10 Å². The Morgan fingerprint density at radius 3 is 2.94 bits per heavy atom. The fourth-order valence-corrected chi connectivity index (χ4v) is 1.93. The molecular weight excluding hydrogens is 214 g/mol. The van der Waals surface area contributed by atoms with E-state index in [0.717, 1.165) is 16.9 Å². The molecule has 0 bridgehead atoms. The van der Waals surface area contributed by atoms with Gasteiger partial charge in [0.2, 0.25) is 0 Å². The smallest absolute Gasteiger partial charge is 0.189 e. The van der Waals surface area contributed by atoms with E-state index in [1.807, 2.05) is 37.4 Å². The van der Waals surface area contributed by atoms with Crippen molar-refractivity contribution in [1.82, 2.24) is 14.8 Å². The average molecular weight is 225 g/mol. The first-order valence-corrected chi connectivity index (χ1v) is 5.38. The first-order chi connectivity index (χ1) is 8.24. The van der Waals surface area contributed by atoms with E-state index in [1.54, 1.807) is 16.9 Å². The van der Waals surface area contributed by atoms with Gasteiger partial charge >= 0.3 is 0 Å². The van der Waals surface area contributed by atoms with Crippen LogP contribution in [0.3, 0.4) is 0 Å². The summed E-state index contributed by atoms with van der Waals surface area (Å²) in [5, 5.41) is 4.83. The minimum Gasteiger partial charge on any atom is -0.358 e. The molecule has 3 aromatic rings. The zero-order valence-electron chi connectivity index (χ0n) is 9.34. The quantitative estimate of drug-likeness (QED) is 0.688. The molecule has 0 unspecified atom stereocenters. The molecular formula is C13H11N3O. The Labute approximate surface area is 97.5 Å². The number of nitrogens with one attached hydrogen (secondary N) is 1. The van der Waals surface area contributed by atoms with Gasteiger partial charge in [0.05, 0.1) is 5.69 Å². The zero-order chi connectivity index (χ0) is 11.8. The number of aromatic amines is 1. The number of hydrogen-bond donors (Lipinski definition) is 1. The van der Waals surface area contributed by atoms with Crippen LogP contribution in [0, 0.1) is 6.92 Å². The van der Waals surface area contributed by atoms with Gasteiger partial charge in [-0.3, -0.25) is 4.79 Å². The van der Waals surface area contributed by atoms with Crippen LogP contribution < -0.4 is 5.43 Å². The zero-order valence-corrected chi connectivity index (χ0v) is 9.34. The molecule has 0 aliphatic rings. The summed E-state index contributed by atoms with van der Waals surface area (Å²) in [6.07, 6.45) is 3.56. The summed E-state index contributed by atoms with van der Waals surface area (Å²) in [6.45, 7) is 1.88. The predicted octanol–water partition coefficient (Wildman–Crippen LogP) is 2.02. The van der Waals surface area contributed by atoms with Crippen LogP contribution in [0.15, 0.2) is 47.5 Å². The number of hydrogen-bond acceptors (Lipinski definition) is 2. The number of fused-ring (bicyclic) bond motifs is 1. The molecule has 3 rings (SSSR count). The lowest BCUT2D eigenvalue weighted by Gasteiger charge is -2.04. The summed E-state index contributed by atoms with van der Waals surface area (Å²) < 4.78 is 1.73. The van der Waals surface area contributed by atoms with Gasteiger partial charge in [0.15, 0.2) is 5.43 Å². The van der Waals surface area contributed by atoms with Crippen LogP contribution in [0.25, 0.3) is 16.6 Å². The fraction of sp³-hybridized carbons (Fsp3) is 0.0769. The first kappa shape index (κ1) is 9.84. The van der Waals surface area contributed by atoms with Crippen LogP contribution in [-0.4, -0.2) is 14.8 Å². The van der Waals surface area contributed by atoms with Crippen LogP contribution >= 0.6 is 0 Å². The van der Waals surface area contributed by atoms with Crippen molar-refractivity contribution in [1.29, 1.82) is 0 Å². The third kappa shape index (κ3) is 1.63. The lowest BCUT2D eigenvalue weighted by molar-refractivity contribution is 0.882. The third-order valence-corrected chi connectivity index (χ3v) is 2.72. The summed E-state index contributed by atoms with van der Waals surface area (Å²) in [5.74, 6) is 0. The topological polar surface area (TPSA) is 50.7 Å². The Balaban J connectivity index is 2.30. The molecule has 4 nitrogen and oxygen atoms in total. The monoisotopic (exact) mass is 225 g/mol. The van der Waals surface area contributed by atoms with Crippen LogP contribution in [0.4, 0.5) is 0 Å². The van der Waals surface area contributed by atoms with E-state index in [4.69, 9.17) is 0 Å². The SMILES string of the molecule is Cc1cc(=O)c2cc(-n3cccn3)ccc2[nH]1. The van der Waals surface area contributed by atoms with Crippen LogP contribution in [0.1, 0.15) is 5.69 Å². The van der Waals surface area contributed by atoms with Crippen molar-refractivity contribution in [2.75, 3.05) is 0 Å². The summed E-state index contributed by atoms with van der Waals surface area (Å²) in [5.41, 5.74) is 2.64. The van der Waals surface area contributed by atoms with E-state index in [2.05, 4.69) is 10.1 Å². The molecule has 0 fully saturated rings. The highest BCUT2D eigenvalue weighted by atomic mass is 16.1. The molecule has 0 spiro atoms. The van der Waals surface area contributed by atoms with Crippen molar-refractivity contribution in [3.8, 4) is 5.69 Å². The number of pyridine rings is 1. The Hall–Kier alpha value is -2.36. The molecule has 4 heteroatoms. The van der Waals surface area contributed by atoms with Crippen molar-refractivity contribution >= 4 is 10.9 Å². The summed E-state index contributed by atoms with van der Waals surface area (Å²) in [7, 11) is 0. The lowest BCUT2D eigenvalue weighted by atomic mass is 10.2. The second kappa shape index (κ2) is 3.59. The maximum Gasteiger partial charge on any atom is 0.189 e. The maximum atomic E-state index is 11.9. The van der Waals surface area contributed by atoms with Crippen molar-refractivity contribution < 1.29 is 0 Å². The summed E-state index contributed by atoms with van der Waals surface area (Å²) >= 11 is 0. The standard InChI is InChI=1S/C13H11N3O/c1-9-7-13(17)11-8-10(3-4-12(11)15-9)16-6-2-5-14-16/h2-8H,1H3,(H,15,17). The number of nitrogens with zero attached hydrogens (tertiary/aromatic N) is 2. The van der Waals surface area contributed by atoms with Gasteiger partial charge < -0.3 is 4.98 Å². The van der Waals surface area contributed by atoms with Crippen molar-refractivity contribution in [2.24, 2.45) is 0 Å². The largest absolute Gasteiger partial charge is 0.358 e. The van der Waals surface area contributed by atoms with Gasteiger partial charge in [0, 0.05) is 35.1 Å². The predicted molar refractivity (Wildman–Crippen MR) is 66.4 cm³/mol. The fourth-order valence-electron chi connectivity index (χ4n) is 1.93. The van der Waals surface area contributed by atoms with Crippen molar-refractivity contribution in [2.45, 2.75) is 6.92 Å². The Morgan fingerprint density at radius 1 is 1.29 bits per heavy atom. The minimum absolute atomic E-state index is 0.0326. The molecule has 0 radical (unpaired) electrons. The molecule has 0 atom stereocenters. The maximum absolute atomic E-state index is 11.9. The first-order valence-electron chi connectivity index (χ1n) is 5.38. The van der Waals surface area contributed by atoms with Crippen LogP contribution in [-0.2, 0) is 0 Å². The number of aryl methyl sites for hydroxylation is 1. The Kier molecular flexibility index (Phi) is 2.08. The molecule has 1 aromatic carbocycles. The van der Waals surface area contributed by atoms with E-state index in [0.29, 0.717) is 5.39 Å². The Bertz CT molecular complexity index is 726. The van der Waals surface area contributed by atoms with Gasteiger partial charge in [0.1, 0.15) is 0 Å². The summed E-state index contributed by atoms with van der Waals surface area (Å²) in [6, 6.07) is 9.14. The number of benzene rings is 1. The van der Waals surface area contributed by atoms with Gasteiger partial charge in [0.25, 0.3) is 0 Å². The molecule has 1 N–H and O–H groups in total. The second-order valence-electron chi connectivity index (χ2n) is 4.00. The third-order valence-electron chi connectivity index (χ3n) is 2.72. The van der Waals surface area contributed by atoms with E-state index < -0.39 is 0 Å². The molecule has 84 valence electrons. The van der Waals surface area contributed by atoms with Gasteiger partial charge in [-0.05, 0) is 31.2 Å². The number of rotatable bonds is 1. The number of H-pyrrole nitrogens is 1. The van der Waals surface area contributed by atoms with E-state index in [9.17, 15) is 4.79 Å². The van der Waals surface area contributed by atoms with E-state index in [-0.39, 0.29) is 5.43 Å². The highest BCUT2D eigenvalue weighted by molar-refractivity contribution is 5.80. The highest BCUT2D eigenvalue weighted by Crippen LogP contribution is 2.13. The van der Waals surface area contributed by atoms with Gasteiger partial charge in [-0.25, -0.2) is 4.68 Å². The number of aromatic nitrogens is 3. The second-order valence-corrected chi connectivity index (χ2v) is 4.00.